The highest BCUT2D eigenvalue weighted by molar-refractivity contribution is 6.77. The number of aromatic nitrogens is 2. The Balaban J connectivity index is 2.39. The molecule has 0 unspecified atom stereocenters. The summed E-state index contributed by atoms with van der Waals surface area (Å²) >= 11 is 0. The minimum absolute atomic E-state index is 0.0926. The van der Waals surface area contributed by atoms with E-state index in [0.717, 1.165) is 0 Å². The Kier molecular flexibility index (Phi) is 6.83. The van der Waals surface area contributed by atoms with Crippen molar-refractivity contribution in [2.45, 2.75) is 64.8 Å². The molecule has 1 heterocycles. The van der Waals surface area contributed by atoms with Crippen molar-refractivity contribution < 1.29 is 9.35 Å². The molecule has 2 aromatic rings. The molecule has 0 saturated carbocycles. The number of hydrogen-bond acceptors (Lipinski definition) is 5. The summed E-state index contributed by atoms with van der Waals surface area (Å²) in [7, 11) is -2.06. The quantitative estimate of drug-likeness (QED) is 0.328. The van der Waals surface area contributed by atoms with Crippen molar-refractivity contribution in [2.24, 2.45) is 0 Å². The van der Waals surface area contributed by atoms with Gasteiger partial charge in [0.05, 0.1) is 11.5 Å². The molecule has 0 aliphatic carbocycles. The summed E-state index contributed by atoms with van der Waals surface area (Å²) in [5, 5.41) is 11.4. The molecule has 0 saturated heterocycles. The first-order valence-corrected chi connectivity index (χ1v) is 11.5. The normalized spacial score (nSPS) is 12.2. The summed E-state index contributed by atoms with van der Waals surface area (Å²) in [5.41, 5.74) is 2.29. The molecule has 146 valence electrons. The monoisotopic (exact) mass is 387 g/mol. The van der Waals surface area contributed by atoms with E-state index in [-0.39, 0.29) is 12.3 Å². The van der Waals surface area contributed by atoms with E-state index >= 15 is 0 Å². The molecule has 27 heavy (non-hydrogen) atoms. The van der Waals surface area contributed by atoms with Crippen LogP contribution in [0.4, 0.5) is 5.69 Å². The third-order valence-corrected chi connectivity index (χ3v) is 11.3. The van der Waals surface area contributed by atoms with Gasteiger partial charge >= 0.3 is 5.69 Å². The fourth-order valence-electron chi connectivity index (χ4n) is 4.11. The molecule has 0 atom stereocenters. The van der Waals surface area contributed by atoms with Crippen LogP contribution in [0.2, 0.25) is 16.6 Å². The molecule has 0 bridgehead atoms. The van der Waals surface area contributed by atoms with Crippen molar-refractivity contribution in [1.82, 2.24) is 9.97 Å². The lowest BCUT2D eigenvalue weighted by Gasteiger charge is -2.41. The van der Waals surface area contributed by atoms with Gasteiger partial charge in [0.1, 0.15) is 6.20 Å². The van der Waals surface area contributed by atoms with Gasteiger partial charge in [-0.3, -0.25) is 10.1 Å². The second-order valence-corrected chi connectivity index (χ2v) is 13.2. The predicted octanol–water partition coefficient (Wildman–Crippen LogP) is 5.74. The van der Waals surface area contributed by atoms with Crippen LogP contribution in [0.15, 0.2) is 36.5 Å². The van der Waals surface area contributed by atoms with Gasteiger partial charge < -0.3 is 4.43 Å². The zero-order valence-corrected chi connectivity index (χ0v) is 18.0. The molecular weight excluding hydrogens is 358 g/mol. The SMILES string of the molecule is CC(C)[Si](OCc1ncc([N+](=O)[O-])c(-c2ccccc2)n1)(C(C)C)C(C)C. The van der Waals surface area contributed by atoms with Gasteiger partial charge in [0.25, 0.3) is 0 Å². The lowest BCUT2D eigenvalue weighted by molar-refractivity contribution is -0.384. The highest BCUT2D eigenvalue weighted by Crippen LogP contribution is 2.42. The van der Waals surface area contributed by atoms with Crippen LogP contribution in [0, 0.1) is 10.1 Å². The lowest BCUT2D eigenvalue weighted by atomic mass is 10.1. The predicted molar refractivity (Wildman–Crippen MR) is 110 cm³/mol. The van der Waals surface area contributed by atoms with Crippen molar-refractivity contribution in [1.29, 1.82) is 0 Å². The molecule has 0 aliphatic heterocycles. The van der Waals surface area contributed by atoms with Gasteiger partial charge in [-0.15, -0.1) is 0 Å². The van der Waals surface area contributed by atoms with Gasteiger partial charge in [-0.25, -0.2) is 9.97 Å². The van der Waals surface area contributed by atoms with Gasteiger partial charge in [0.2, 0.25) is 8.32 Å². The van der Waals surface area contributed by atoms with Gasteiger partial charge in [0, 0.05) is 5.56 Å². The first-order chi connectivity index (χ1) is 12.7. The van der Waals surface area contributed by atoms with E-state index in [1.807, 2.05) is 30.3 Å². The molecule has 7 heteroatoms. The first-order valence-electron chi connectivity index (χ1n) is 9.39. The number of nitrogens with zero attached hydrogens (tertiary/aromatic N) is 3. The topological polar surface area (TPSA) is 78.2 Å². The van der Waals surface area contributed by atoms with E-state index in [9.17, 15) is 10.1 Å². The van der Waals surface area contributed by atoms with Gasteiger partial charge in [-0.1, -0.05) is 71.9 Å². The highest BCUT2D eigenvalue weighted by Gasteiger charge is 2.45. The van der Waals surface area contributed by atoms with E-state index in [4.69, 9.17) is 4.43 Å². The summed E-state index contributed by atoms with van der Waals surface area (Å²) in [4.78, 5) is 19.7. The van der Waals surface area contributed by atoms with Gasteiger partial charge in [-0.05, 0) is 16.6 Å². The number of benzene rings is 1. The van der Waals surface area contributed by atoms with E-state index in [1.54, 1.807) is 0 Å². The molecule has 0 spiro atoms. The Morgan fingerprint density at radius 2 is 1.59 bits per heavy atom. The van der Waals surface area contributed by atoms with E-state index in [0.29, 0.717) is 33.7 Å². The Bertz CT molecular complexity index is 758. The molecule has 0 N–H and O–H groups in total. The molecule has 1 aromatic carbocycles. The standard InChI is InChI=1S/C20H29N3O3Si/c1-14(2)27(15(3)4,16(5)6)26-13-19-21-12-18(23(24)25)20(22-19)17-10-8-7-9-11-17/h7-12,14-16H,13H2,1-6H3. The van der Waals surface area contributed by atoms with Crippen LogP contribution in [-0.2, 0) is 11.0 Å². The molecule has 2 rings (SSSR count). The summed E-state index contributed by atoms with van der Waals surface area (Å²) in [5.74, 6) is 0.485. The van der Waals surface area contributed by atoms with Crippen LogP contribution in [0.5, 0.6) is 0 Å². The maximum atomic E-state index is 11.4. The van der Waals surface area contributed by atoms with E-state index in [2.05, 4.69) is 51.5 Å². The van der Waals surface area contributed by atoms with Crippen LogP contribution in [0.25, 0.3) is 11.3 Å². The summed E-state index contributed by atoms with van der Waals surface area (Å²) < 4.78 is 6.54. The molecule has 6 nitrogen and oxygen atoms in total. The molecule has 0 radical (unpaired) electrons. The zero-order valence-electron chi connectivity index (χ0n) is 17.0. The Morgan fingerprint density at radius 3 is 2.07 bits per heavy atom. The van der Waals surface area contributed by atoms with Crippen LogP contribution in [-0.4, -0.2) is 23.2 Å². The minimum Gasteiger partial charge on any atom is -0.409 e. The number of nitro groups is 1. The second kappa shape index (κ2) is 8.71. The van der Waals surface area contributed by atoms with Gasteiger partial charge in [0.15, 0.2) is 11.5 Å². The molecule has 1 aromatic heterocycles. The average molecular weight is 388 g/mol. The maximum absolute atomic E-state index is 11.4. The van der Waals surface area contributed by atoms with Crippen LogP contribution in [0.1, 0.15) is 47.4 Å². The zero-order chi connectivity index (χ0) is 20.2. The molecule has 0 fully saturated rings. The lowest BCUT2D eigenvalue weighted by Crippen LogP contribution is -2.47. The number of hydrogen-bond donors (Lipinski definition) is 0. The Labute approximate surface area is 162 Å². The van der Waals surface area contributed by atoms with E-state index in [1.165, 1.54) is 6.20 Å². The summed E-state index contributed by atoms with van der Waals surface area (Å²) in [6.45, 7) is 13.6. The second-order valence-electron chi connectivity index (χ2n) is 7.75. The minimum atomic E-state index is -2.06. The largest absolute Gasteiger partial charge is 0.409 e. The maximum Gasteiger partial charge on any atom is 0.313 e. The van der Waals surface area contributed by atoms with Crippen molar-refractivity contribution in [3.63, 3.8) is 0 Å². The summed E-state index contributed by atoms with van der Waals surface area (Å²) in [6.07, 6.45) is 1.29. The smallest absolute Gasteiger partial charge is 0.313 e. The van der Waals surface area contributed by atoms with Crippen molar-refractivity contribution in [3.8, 4) is 11.3 Å². The van der Waals surface area contributed by atoms with Gasteiger partial charge in [-0.2, -0.15) is 0 Å². The summed E-state index contributed by atoms with van der Waals surface area (Å²) in [6, 6.07) is 9.18. The molecular formula is C20H29N3O3Si. The molecule has 0 aliphatic rings. The van der Waals surface area contributed by atoms with Crippen LogP contribution >= 0.6 is 0 Å². The van der Waals surface area contributed by atoms with Crippen molar-refractivity contribution in [2.75, 3.05) is 0 Å². The van der Waals surface area contributed by atoms with Crippen LogP contribution < -0.4 is 0 Å². The first kappa shape index (κ1) is 21.2. The van der Waals surface area contributed by atoms with Crippen molar-refractivity contribution >= 4 is 14.0 Å². The third kappa shape index (κ3) is 4.41. The van der Waals surface area contributed by atoms with E-state index < -0.39 is 13.2 Å². The Morgan fingerprint density at radius 1 is 1.04 bits per heavy atom. The third-order valence-electron chi connectivity index (χ3n) is 5.22. The fourth-order valence-corrected chi connectivity index (χ4v) is 9.49. The highest BCUT2D eigenvalue weighted by atomic mass is 28.4. The van der Waals surface area contributed by atoms with Crippen molar-refractivity contribution in [3.05, 3.63) is 52.5 Å². The molecule has 0 amide bonds. The Hall–Kier alpha value is -2.12. The fraction of sp³-hybridized carbons (Fsp3) is 0.500. The van der Waals surface area contributed by atoms with Crippen LogP contribution in [0.3, 0.4) is 0 Å². The number of rotatable bonds is 8. The average Bonchev–Trinajstić information content (AvgIpc) is 2.61.